The van der Waals surface area contributed by atoms with Crippen molar-refractivity contribution in [3.05, 3.63) is 0 Å². The van der Waals surface area contributed by atoms with Crippen LogP contribution in [0.25, 0.3) is 0 Å². The Labute approximate surface area is 117 Å². The maximum atomic E-state index is 10.2. The Morgan fingerprint density at radius 3 is 2.00 bits per heavy atom. The van der Waals surface area contributed by atoms with E-state index in [0.717, 1.165) is 18.1 Å². The number of hydrogen-bond acceptors (Lipinski definition) is 5. The van der Waals surface area contributed by atoms with Crippen molar-refractivity contribution in [3.8, 4) is 0 Å². The summed E-state index contributed by atoms with van der Waals surface area (Å²) < 4.78 is 16.9. The molecule has 0 bridgehead atoms. The molecular weight excluding hydrogens is 264 g/mol. The van der Waals surface area contributed by atoms with Crippen molar-refractivity contribution in [2.45, 2.75) is 76.5 Å². The Hall–Kier alpha value is 0.0169. The van der Waals surface area contributed by atoms with E-state index >= 15 is 0 Å². The predicted octanol–water partition coefficient (Wildman–Crippen LogP) is 1.49. The molecule has 19 heavy (non-hydrogen) atoms. The van der Waals surface area contributed by atoms with Crippen LogP contribution < -0.4 is 0 Å². The lowest BCUT2D eigenvalue weighted by molar-refractivity contribution is -0.283. The zero-order valence-corrected chi connectivity index (χ0v) is 13.6. The molecule has 0 saturated carbocycles. The van der Waals surface area contributed by atoms with Crippen molar-refractivity contribution in [2.24, 2.45) is 0 Å². The van der Waals surface area contributed by atoms with Gasteiger partial charge in [-0.05, 0) is 25.1 Å². The lowest BCUT2D eigenvalue weighted by Crippen LogP contribution is -2.60. The zero-order chi connectivity index (χ0) is 14.6. The zero-order valence-electron chi connectivity index (χ0n) is 12.6. The molecule has 0 spiro atoms. The van der Waals surface area contributed by atoms with E-state index in [1.807, 2.05) is 6.92 Å². The van der Waals surface area contributed by atoms with Gasteiger partial charge in [0.1, 0.15) is 12.2 Å². The van der Waals surface area contributed by atoms with Gasteiger partial charge in [-0.3, -0.25) is 0 Å². The monoisotopic (exact) mass is 292 g/mol. The number of ether oxygens (including phenoxy) is 2. The predicted molar refractivity (Wildman–Crippen MR) is 75.4 cm³/mol. The van der Waals surface area contributed by atoms with Crippen LogP contribution >= 0.6 is 0 Å². The van der Waals surface area contributed by atoms with Gasteiger partial charge < -0.3 is 24.1 Å². The van der Waals surface area contributed by atoms with E-state index in [9.17, 15) is 10.2 Å². The lowest BCUT2D eigenvalue weighted by atomic mass is 10.0. The van der Waals surface area contributed by atoms with E-state index < -0.39 is 32.9 Å². The highest BCUT2D eigenvalue weighted by Gasteiger charge is 2.46. The molecule has 0 radical (unpaired) electrons. The van der Waals surface area contributed by atoms with Gasteiger partial charge in [0, 0.05) is 7.11 Å². The molecule has 1 saturated heterocycles. The first-order chi connectivity index (χ1) is 8.94. The molecule has 1 heterocycles. The van der Waals surface area contributed by atoms with Gasteiger partial charge in [0.15, 0.2) is 14.6 Å². The second-order valence-corrected chi connectivity index (χ2v) is 9.98. The molecule has 1 aliphatic heterocycles. The fourth-order valence-electron chi connectivity index (χ4n) is 2.65. The third-order valence-corrected chi connectivity index (χ3v) is 8.97. The minimum atomic E-state index is -1.84. The fraction of sp³-hybridized carbons (Fsp3) is 1.00. The summed E-state index contributed by atoms with van der Waals surface area (Å²) in [6.45, 7) is 8.25. The Morgan fingerprint density at radius 2 is 1.58 bits per heavy atom. The molecule has 5 atom stereocenters. The molecule has 114 valence electrons. The summed E-state index contributed by atoms with van der Waals surface area (Å²) in [4.78, 5) is 0. The van der Waals surface area contributed by atoms with Gasteiger partial charge in [-0.2, -0.15) is 0 Å². The van der Waals surface area contributed by atoms with Crippen molar-refractivity contribution in [2.75, 3.05) is 7.11 Å². The molecular formula is C13H28O5Si. The molecule has 0 amide bonds. The van der Waals surface area contributed by atoms with E-state index in [4.69, 9.17) is 13.9 Å². The van der Waals surface area contributed by atoms with Crippen molar-refractivity contribution in [3.63, 3.8) is 0 Å². The second-order valence-electron chi connectivity index (χ2n) is 5.25. The summed E-state index contributed by atoms with van der Waals surface area (Å²) in [5.41, 5.74) is 0. The average Bonchev–Trinajstić information content (AvgIpc) is 2.44. The third-order valence-electron chi connectivity index (χ3n) is 4.33. The summed E-state index contributed by atoms with van der Waals surface area (Å²) >= 11 is 0. The third kappa shape index (κ3) is 3.56. The first-order valence-electron chi connectivity index (χ1n) is 7.16. The van der Waals surface area contributed by atoms with Crippen molar-refractivity contribution in [1.82, 2.24) is 0 Å². The molecule has 2 N–H and O–H groups in total. The summed E-state index contributed by atoms with van der Waals surface area (Å²) in [7, 11) is -0.386. The van der Waals surface area contributed by atoms with Crippen LogP contribution in [0.4, 0.5) is 0 Å². The standard InChI is InChI=1S/C13H28O5Si/c1-6-19(7-2,8-3)18-12-9(4)17-13(16-5)11(15)10(12)14/h9-15H,6-8H2,1-5H3/t9-,10-,11+,12-,13+/m0/s1. The first-order valence-corrected chi connectivity index (χ1v) is 9.69. The smallest absolute Gasteiger partial charge is 0.192 e. The quantitative estimate of drug-likeness (QED) is 0.726. The van der Waals surface area contributed by atoms with Crippen molar-refractivity contribution >= 4 is 8.32 Å². The van der Waals surface area contributed by atoms with Crippen LogP contribution in [0.5, 0.6) is 0 Å². The molecule has 0 aromatic rings. The molecule has 1 fully saturated rings. The van der Waals surface area contributed by atoms with Gasteiger partial charge in [-0.15, -0.1) is 0 Å². The van der Waals surface area contributed by atoms with Gasteiger partial charge in [0.2, 0.25) is 0 Å². The highest BCUT2D eigenvalue weighted by atomic mass is 28.4. The van der Waals surface area contributed by atoms with E-state index in [0.29, 0.717) is 0 Å². The normalized spacial score (nSPS) is 36.5. The summed E-state index contributed by atoms with van der Waals surface area (Å²) in [6, 6.07) is 3.00. The average molecular weight is 292 g/mol. The summed E-state index contributed by atoms with van der Waals surface area (Å²) in [5.74, 6) is 0. The molecule has 6 heteroatoms. The SMILES string of the molecule is CC[Si](CC)(CC)O[C@@H]1[C@@H](O)[C@@H](O)[C@H](OC)O[C@H]1C. The van der Waals surface area contributed by atoms with Gasteiger partial charge in [0.25, 0.3) is 0 Å². The maximum absolute atomic E-state index is 10.2. The van der Waals surface area contributed by atoms with Crippen LogP contribution in [0.2, 0.25) is 18.1 Å². The number of hydrogen-bond donors (Lipinski definition) is 2. The number of aliphatic hydroxyl groups is 2. The molecule has 0 aliphatic carbocycles. The molecule has 1 rings (SSSR count). The highest BCUT2D eigenvalue weighted by molar-refractivity contribution is 6.73. The van der Waals surface area contributed by atoms with Gasteiger partial charge in [0.05, 0.1) is 12.2 Å². The van der Waals surface area contributed by atoms with Crippen LogP contribution in [0.1, 0.15) is 27.7 Å². The molecule has 0 aromatic heterocycles. The minimum absolute atomic E-state index is 0.292. The Balaban J connectivity index is 2.82. The fourth-order valence-corrected chi connectivity index (χ4v) is 5.56. The highest BCUT2D eigenvalue weighted by Crippen LogP contribution is 2.30. The number of methoxy groups -OCH3 is 1. The lowest BCUT2D eigenvalue weighted by Gasteiger charge is -2.44. The largest absolute Gasteiger partial charge is 0.409 e. The van der Waals surface area contributed by atoms with E-state index in [2.05, 4.69) is 20.8 Å². The molecule has 0 unspecified atom stereocenters. The Bertz CT molecular complexity index is 263. The number of aliphatic hydroxyl groups excluding tert-OH is 2. The Morgan fingerprint density at radius 1 is 1.05 bits per heavy atom. The van der Waals surface area contributed by atoms with Gasteiger partial charge in [-0.25, -0.2) is 0 Å². The van der Waals surface area contributed by atoms with E-state index in [-0.39, 0.29) is 6.10 Å². The van der Waals surface area contributed by atoms with E-state index in [1.165, 1.54) is 7.11 Å². The van der Waals surface area contributed by atoms with Gasteiger partial charge in [-0.1, -0.05) is 20.8 Å². The molecule has 5 nitrogen and oxygen atoms in total. The number of rotatable bonds is 6. The van der Waals surface area contributed by atoms with Gasteiger partial charge >= 0.3 is 0 Å². The van der Waals surface area contributed by atoms with Crippen LogP contribution in [-0.4, -0.2) is 56.3 Å². The van der Waals surface area contributed by atoms with Crippen molar-refractivity contribution < 1.29 is 24.1 Å². The minimum Gasteiger partial charge on any atom is -0.409 e. The van der Waals surface area contributed by atoms with Crippen molar-refractivity contribution in [1.29, 1.82) is 0 Å². The topological polar surface area (TPSA) is 68.2 Å². The van der Waals surface area contributed by atoms with E-state index in [1.54, 1.807) is 0 Å². The molecule has 1 aliphatic rings. The second kappa shape index (κ2) is 7.15. The summed E-state index contributed by atoms with van der Waals surface area (Å²) in [6.07, 6.45) is -3.59. The van der Waals surface area contributed by atoms with Crippen LogP contribution in [0, 0.1) is 0 Å². The molecule has 0 aromatic carbocycles. The van der Waals surface area contributed by atoms with Crippen LogP contribution in [0.3, 0.4) is 0 Å². The van der Waals surface area contributed by atoms with Crippen LogP contribution in [0.15, 0.2) is 0 Å². The first kappa shape index (κ1) is 17.1. The maximum Gasteiger partial charge on any atom is 0.192 e. The Kier molecular flexibility index (Phi) is 6.42. The van der Waals surface area contributed by atoms with Crippen LogP contribution in [-0.2, 0) is 13.9 Å². The summed E-state index contributed by atoms with van der Waals surface area (Å²) in [5, 5.41) is 20.2.